The Balaban J connectivity index is 0.962. The van der Waals surface area contributed by atoms with Gasteiger partial charge in [0.05, 0.1) is 12.1 Å². The Kier molecular flexibility index (Phi) is 12.1. The van der Waals surface area contributed by atoms with Crippen LogP contribution < -0.4 is 19.6 Å². The predicted octanol–water partition coefficient (Wildman–Crippen LogP) is 15.8. The minimum atomic E-state index is 0.545. The van der Waals surface area contributed by atoms with E-state index >= 15 is 0 Å². The molecule has 0 unspecified atom stereocenters. The molecule has 0 heterocycles. The monoisotopic (exact) mass is 852 g/mol. The number of hydrogen-bond donors (Lipinski definition) is 0. The van der Waals surface area contributed by atoms with Crippen LogP contribution in [-0.4, -0.2) is 28.2 Å². The normalized spacial score (nSPS) is 11.2. The molecular weight excluding hydrogens is 805 g/mol. The maximum atomic E-state index is 10.6. The van der Waals surface area contributed by atoms with Crippen molar-refractivity contribution in [3.63, 3.8) is 0 Å². The van der Waals surface area contributed by atoms with Crippen molar-refractivity contribution in [2.24, 2.45) is 0 Å². The van der Waals surface area contributed by atoms with Crippen LogP contribution in [0, 0.1) is 17.9 Å². The Labute approximate surface area is 387 Å². The molecule has 0 saturated carbocycles. The number of nitrogens with zero attached hydrogens (tertiary/aromatic N) is 6. The second kappa shape index (κ2) is 18.9. The lowest BCUT2D eigenvalue weighted by atomic mass is 9.93. The van der Waals surface area contributed by atoms with Crippen LogP contribution in [0.15, 0.2) is 194 Å². The number of anilines is 8. The molecule has 0 aliphatic rings. The minimum absolute atomic E-state index is 0.545. The Morgan fingerprint density at radius 3 is 1.11 bits per heavy atom. The smallest absolute Gasteiger partial charge is 0.202 e. The van der Waals surface area contributed by atoms with E-state index in [4.69, 9.17) is 6.57 Å². The number of rotatable bonds is 12. The highest BCUT2D eigenvalue weighted by atomic mass is 15.1. The topological polar surface area (TPSA) is 41.1 Å². The molecule has 6 heteroatoms. The van der Waals surface area contributed by atoms with Crippen LogP contribution in [0.1, 0.15) is 27.8 Å². The minimum Gasteiger partial charge on any atom is -0.378 e. The van der Waals surface area contributed by atoms with Gasteiger partial charge in [0.1, 0.15) is 6.07 Å². The van der Waals surface area contributed by atoms with Gasteiger partial charge in [-0.25, -0.2) is 4.85 Å². The number of fused-ring (bicyclic) bond motifs is 2. The molecule has 6 nitrogen and oxygen atoms in total. The molecule has 0 atom stereocenters. The molecule has 0 N–H and O–H groups in total. The number of para-hydroxylation sites is 2. The SMILES string of the molecule is [C-]#[N+]c1c2ccc(C=Cc3ccc(N(c4ccccc4)c4ccc(N(C)C)cc4)cc3)cc2c(C#N)c2ccc(C=Cc3ccc(N(c4ccccc4)c4ccc(N(C)C)cc4)cc3)cc12. The van der Waals surface area contributed by atoms with Gasteiger partial charge in [0.25, 0.3) is 0 Å². The van der Waals surface area contributed by atoms with E-state index in [-0.39, 0.29) is 0 Å². The first-order chi connectivity index (χ1) is 32.3. The summed E-state index contributed by atoms with van der Waals surface area (Å²) in [6.07, 6.45) is 8.30. The van der Waals surface area contributed by atoms with Crippen LogP contribution >= 0.6 is 0 Å². The molecule has 9 aromatic carbocycles. The Morgan fingerprint density at radius 2 is 0.712 bits per heavy atom. The van der Waals surface area contributed by atoms with Gasteiger partial charge in [-0.05, 0) is 147 Å². The molecule has 66 heavy (non-hydrogen) atoms. The van der Waals surface area contributed by atoms with E-state index in [0.29, 0.717) is 11.3 Å². The van der Waals surface area contributed by atoms with Gasteiger partial charge < -0.3 is 19.6 Å². The molecule has 0 saturated heterocycles. The average Bonchev–Trinajstić information content (AvgIpc) is 3.36. The zero-order chi connectivity index (χ0) is 45.6. The number of hydrogen-bond acceptors (Lipinski definition) is 5. The third-order valence-corrected chi connectivity index (χ3v) is 11.9. The predicted molar refractivity (Wildman–Crippen MR) is 281 cm³/mol. The molecule has 0 aliphatic heterocycles. The highest BCUT2D eigenvalue weighted by Crippen LogP contribution is 2.41. The Morgan fingerprint density at radius 1 is 0.379 bits per heavy atom. The van der Waals surface area contributed by atoms with Crippen LogP contribution in [0.4, 0.5) is 51.2 Å². The fourth-order valence-electron chi connectivity index (χ4n) is 8.39. The Bertz CT molecular complexity index is 3060. The lowest BCUT2D eigenvalue weighted by Gasteiger charge is -2.26. The lowest BCUT2D eigenvalue weighted by Crippen LogP contribution is -2.11. The largest absolute Gasteiger partial charge is 0.378 e. The summed E-state index contributed by atoms with van der Waals surface area (Å²) in [6.45, 7) is 8.28. The van der Waals surface area contributed by atoms with Crippen molar-refractivity contribution in [2.45, 2.75) is 0 Å². The van der Waals surface area contributed by atoms with Crippen molar-refractivity contribution < 1.29 is 0 Å². The van der Waals surface area contributed by atoms with E-state index in [1.54, 1.807) is 0 Å². The van der Waals surface area contributed by atoms with E-state index in [1.165, 1.54) is 0 Å². The van der Waals surface area contributed by atoms with Crippen LogP contribution in [0.2, 0.25) is 0 Å². The summed E-state index contributed by atoms with van der Waals surface area (Å²) in [6, 6.07) is 69.5. The van der Waals surface area contributed by atoms with Crippen LogP contribution in [0.5, 0.6) is 0 Å². The molecule has 0 spiro atoms. The molecule has 0 fully saturated rings. The van der Waals surface area contributed by atoms with Crippen LogP contribution in [-0.2, 0) is 0 Å². The fourth-order valence-corrected chi connectivity index (χ4v) is 8.39. The lowest BCUT2D eigenvalue weighted by molar-refractivity contribution is 1.13. The maximum absolute atomic E-state index is 10.6. The van der Waals surface area contributed by atoms with Gasteiger partial charge in [-0.1, -0.05) is 115 Å². The molecule has 318 valence electrons. The zero-order valence-electron chi connectivity index (χ0n) is 37.5. The van der Waals surface area contributed by atoms with E-state index < -0.39 is 0 Å². The third kappa shape index (κ3) is 8.86. The summed E-state index contributed by atoms with van der Waals surface area (Å²) in [5, 5.41) is 13.6. The van der Waals surface area contributed by atoms with Crippen molar-refractivity contribution in [3.05, 3.63) is 233 Å². The summed E-state index contributed by atoms with van der Waals surface area (Å²) in [7, 11) is 8.19. The molecule has 0 radical (unpaired) electrons. The standard InChI is InChI=1S/C60H48N6/c1-62-60-56-39-25-45(18-16-43-20-26-51(27-21-43)65(49-12-8-6-9-13-49)53-34-30-47(31-35-53)63(2)3)40-57(56)59(42-61)55-38-24-46(41-58(55)60)19-17-44-22-28-52(29-23-44)66(50-14-10-7-11-15-50)54-36-32-48(33-37-54)64(4)5/h6-41H,2-5H3. The average molecular weight is 853 g/mol. The van der Waals surface area contributed by atoms with E-state index in [9.17, 15) is 5.26 Å². The zero-order valence-corrected chi connectivity index (χ0v) is 37.5. The highest BCUT2D eigenvalue weighted by molar-refractivity contribution is 6.16. The summed E-state index contributed by atoms with van der Waals surface area (Å²) in [5.74, 6) is 0. The van der Waals surface area contributed by atoms with Crippen molar-refractivity contribution in [2.75, 3.05) is 47.8 Å². The number of nitriles is 1. The molecule has 9 rings (SSSR count). The molecule has 0 bridgehead atoms. The van der Waals surface area contributed by atoms with Gasteiger partial charge in [-0.15, -0.1) is 0 Å². The van der Waals surface area contributed by atoms with Gasteiger partial charge >= 0.3 is 0 Å². The molecule has 0 amide bonds. The van der Waals surface area contributed by atoms with Crippen molar-refractivity contribution in [1.82, 2.24) is 0 Å². The molecule has 0 aromatic heterocycles. The first-order valence-electron chi connectivity index (χ1n) is 21.9. The third-order valence-electron chi connectivity index (χ3n) is 11.9. The first kappa shape index (κ1) is 42.5. The maximum Gasteiger partial charge on any atom is 0.202 e. The summed E-state index contributed by atoms with van der Waals surface area (Å²) in [4.78, 5) is 12.7. The highest BCUT2D eigenvalue weighted by Gasteiger charge is 2.17. The summed E-state index contributed by atoms with van der Waals surface area (Å²) in [5.41, 5.74) is 13.8. The Hall–Kier alpha value is -8.84. The summed E-state index contributed by atoms with van der Waals surface area (Å²) >= 11 is 0. The quantitative estimate of drug-likeness (QED) is 0.0696. The summed E-state index contributed by atoms with van der Waals surface area (Å²) < 4.78 is 0. The second-order valence-corrected chi connectivity index (χ2v) is 16.6. The van der Waals surface area contributed by atoms with Crippen molar-refractivity contribution in [3.8, 4) is 6.07 Å². The fraction of sp³-hybridized carbons (Fsp3) is 0.0667. The van der Waals surface area contributed by atoms with Crippen molar-refractivity contribution >= 4 is 97.0 Å². The van der Waals surface area contributed by atoms with Crippen LogP contribution in [0.3, 0.4) is 0 Å². The molecule has 9 aromatic rings. The van der Waals surface area contributed by atoms with Gasteiger partial charge in [0.2, 0.25) is 5.69 Å². The van der Waals surface area contributed by atoms with E-state index in [2.05, 4.69) is 200 Å². The van der Waals surface area contributed by atoms with Crippen LogP contribution in [0.25, 0.3) is 50.7 Å². The van der Waals surface area contributed by atoms with E-state index in [1.807, 2.05) is 76.7 Å². The molecule has 0 aliphatic carbocycles. The van der Waals surface area contributed by atoms with Gasteiger partial charge in [-0.2, -0.15) is 5.26 Å². The van der Waals surface area contributed by atoms with Gasteiger partial charge in [0.15, 0.2) is 0 Å². The number of benzene rings is 9. The molecular formula is C60H48N6. The van der Waals surface area contributed by atoms with Gasteiger partial charge in [0, 0.05) is 73.7 Å². The van der Waals surface area contributed by atoms with Gasteiger partial charge in [-0.3, -0.25) is 0 Å². The van der Waals surface area contributed by atoms with E-state index in [0.717, 1.165) is 89.3 Å². The van der Waals surface area contributed by atoms with Crippen molar-refractivity contribution in [1.29, 1.82) is 5.26 Å². The second-order valence-electron chi connectivity index (χ2n) is 16.6. The first-order valence-corrected chi connectivity index (χ1v) is 21.9.